The van der Waals surface area contributed by atoms with E-state index in [-0.39, 0.29) is 0 Å². The molecule has 0 aromatic carbocycles. The van der Waals surface area contributed by atoms with Gasteiger partial charge in [-0.05, 0) is 30.3 Å². The summed E-state index contributed by atoms with van der Waals surface area (Å²) in [7, 11) is 0. The lowest BCUT2D eigenvalue weighted by Gasteiger charge is -2.07. The van der Waals surface area contributed by atoms with Crippen LogP contribution in [0.2, 0.25) is 0 Å². The van der Waals surface area contributed by atoms with Crippen molar-refractivity contribution in [2.24, 2.45) is 5.41 Å². The minimum absolute atomic E-state index is 0.510. The molecular weight excluding hydrogens is 108 g/mol. The Morgan fingerprint density at radius 2 is 2.22 bits per heavy atom. The van der Waals surface area contributed by atoms with Gasteiger partial charge in [0.1, 0.15) is 0 Å². The molecule has 0 aliphatic heterocycles. The third-order valence-corrected chi connectivity index (χ3v) is 2.30. The van der Waals surface area contributed by atoms with Crippen LogP contribution in [0, 0.1) is 5.41 Å². The molecule has 50 valence electrons. The predicted octanol–water partition coefficient (Wildman–Crippen LogP) is 2.91. The number of hydrogen-bond donors (Lipinski definition) is 0. The fraction of sp³-hybridized carbons (Fsp3) is 0.667. The summed E-state index contributed by atoms with van der Waals surface area (Å²) in [6.45, 7) is 8.15. The van der Waals surface area contributed by atoms with E-state index >= 15 is 0 Å². The smallest absolute Gasteiger partial charge is 0.00402 e. The van der Waals surface area contributed by atoms with Crippen LogP contribution < -0.4 is 0 Å². The van der Waals surface area contributed by atoms with Gasteiger partial charge in [-0.1, -0.05) is 20.4 Å². The first-order valence-electron chi connectivity index (χ1n) is 3.62. The van der Waals surface area contributed by atoms with Crippen LogP contribution >= 0.6 is 0 Å². The highest BCUT2D eigenvalue weighted by atomic mass is 14.4. The molecule has 0 heteroatoms. The van der Waals surface area contributed by atoms with E-state index in [0.717, 1.165) is 6.42 Å². The molecule has 0 unspecified atom stereocenters. The second-order valence-electron chi connectivity index (χ2n) is 3.07. The van der Waals surface area contributed by atoms with Crippen molar-refractivity contribution in [1.82, 2.24) is 0 Å². The maximum atomic E-state index is 3.68. The number of hydrogen-bond acceptors (Lipinski definition) is 0. The van der Waals surface area contributed by atoms with Crippen LogP contribution in [0.4, 0.5) is 0 Å². The molecule has 1 saturated carbocycles. The monoisotopic (exact) mass is 122 g/mol. The molecule has 1 aliphatic rings. The summed E-state index contributed by atoms with van der Waals surface area (Å²) in [6.07, 6.45) is 3.82. The lowest BCUT2D eigenvalue weighted by molar-refractivity contribution is 0.661. The van der Waals surface area contributed by atoms with Crippen molar-refractivity contribution in [2.75, 3.05) is 0 Å². The highest BCUT2D eigenvalue weighted by Gasteiger charge is 2.39. The van der Waals surface area contributed by atoms with Crippen LogP contribution in [0.3, 0.4) is 0 Å². The van der Waals surface area contributed by atoms with Crippen LogP contribution in [0.5, 0.6) is 0 Å². The quantitative estimate of drug-likeness (QED) is 0.494. The molecule has 0 amide bonds. The minimum Gasteiger partial charge on any atom is -0.129 e. The predicted molar refractivity (Wildman–Crippen MR) is 40.3 cm³/mol. The Labute approximate surface area is 57.3 Å². The van der Waals surface area contributed by atoms with E-state index in [1.54, 1.807) is 0 Å². The van der Waals surface area contributed by atoms with Crippen LogP contribution in [0.25, 0.3) is 0 Å². The Morgan fingerprint density at radius 3 is 2.33 bits per heavy atom. The van der Waals surface area contributed by atoms with Gasteiger partial charge in [0, 0.05) is 0 Å². The maximum Gasteiger partial charge on any atom is -0.00402 e. The molecule has 0 atom stereocenters. The molecule has 0 spiro atoms. The van der Waals surface area contributed by atoms with E-state index in [0.29, 0.717) is 5.41 Å². The van der Waals surface area contributed by atoms with Crippen molar-refractivity contribution in [3.63, 3.8) is 0 Å². The third kappa shape index (κ3) is 1.09. The summed E-state index contributed by atoms with van der Waals surface area (Å²) < 4.78 is 0. The summed E-state index contributed by atoms with van der Waals surface area (Å²) >= 11 is 0. The number of allylic oxidation sites excluding steroid dienone is 1. The summed E-state index contributed by atoms with van der Waals surface area (Å²) in [6, 6.07) is 0. The van der Waals surface area contributed by atoms with Gasteiger partial charge < -0.3 is 0 Å². The van der Waals surface area contributed by atoms with Gasteiger partial charge in [0.2, 0.25) is 0 Å². The fourth-order valence-electron chi connectivity index (χ4n) is 1.25. The molecule has 0 N–H and O–H groups in total. The molecule has 0 nitrogen and oxygen atoms in total. The number of rotatable bonds is 2. The third-order valence-electron chi connectivity index (χ3n) is 2.30. The normalized spacial score (nSPS) is 20.7. The van der Waals surface area contributed by atoms with Crippen molar-refractivity contribution in [2.45, 2.75) is 33.1 Å². The van der Waals surface area contributed by atoms with Crippen molar-refractivity contribution in [1.29, 1.82) is 0 Å². The van der Waals surface area contributed by atoms with Gasteiger partial charge in [0.15, 0.2) is 0 Å². The first kappa shape index (κ1) is 6.64. The molecule has 0 saturated heterocycles. The molecule has 1 rings (SSSR count). The molecule has 9 heavy (non-hydrogen) atoms. The molecule has 0 radical (unpaired) electrons. The standard InChI is InChI=1S/C9H14/c1-4-8(5-2)9(3)6-7-9/h1,5-7H2,2-3H3. The van der Waals surface area contributed by atoms with Crippen molar-refractivity contribution < 1.29 is 0 Å². The zero-order chi connectivity index (χ0) is 6.91. The highest BCUT2D eigenvalue weighted by molar-refractivity contribution is 5.18. The van der Waals surface area contributed by atoms with Crippen molar-refractivity contribution in [3.8, 4) is 0 Å². The van der Waals surface area contributed by atoms with Crippen LogP contribution in [-0.4, -0.2) is 0 Å². The van der Waals surface area contributed by atoms with E-state index in [1.807, 2.05) is 0 Å². The fourth-order valence-corrected chi connectivity index (χ4v) is 1.25. The van der Waals surface area contributed by atoms with Gasteiger partial charge in [-0.3, -0.25) is 0 Å². The Morgan fingerprint density at radius 1 is 1.67 bits per heavy atom. The largest absolute Gasteiger partial charge is 0.129 e. The molecule has 0 aromatic rings. The van der Waals surface area contributed by atoms with Crippen molar-refractivity contribution >= 4 is 0 Å². The summed E-state index contributed by atoms with van der Waals surface area (Å²) in [5, 5.41) is 0. The molecule has 0 heterocycles. The van der Waals surface area contributed by atoms with Gasteiger partial charge in [0.05, 0.1) is 0 Å². The first-order valence-corrected chi connectivity index (χ1v) is 3.62. The van der Waals surface area contributed by atoms with Crippen LogP contribution in [0.15, 0.2) is 17.9 Å². The Hall–Kier alpha value is -0.480. The zero-order valence-corrected chi connectivity index (χ0v) is 6.33. The summed E-state index contributed by atoms with van der Waals surface area (Å²) in [5.74, 6) is 0. The van der Waals surface area contributed by atoms with Crippen molar-refractivity contribution in [3.05, 3.63) is 17.9 Å². The Bertz CT molecular complexity index is 155. The minimum atomic E-state index is 0.510. The molecule has 0 aromatic heterocycles. The summed E-state index contributed by atoms with van der Waals surface area (Å²) in [5.41, 5.74) is 4.95. The van der Waals surface area contributed by atoms with Gasteiger partial charge in [-0.25, -0.2) is 0 Å². The zero-order valence-electron chi connectivity index (χ0n) is 6.33. The van der Waals surface area contributed by atoms with Gasteiger partial charge >= 0.3 is 0 Å². The van der Waals surface area contributed by atoms with E-state index < -0.39 is 0 Å². The SMILES string of the molecule is C=C=C(CC)C1(C)CC1. The second-order valence-corrected chi connectivity index (χ2v) is 3.07. The lowest BCUT2D eigenvalue weighted by Crippen LogP contribution is -1.95. The molecule has 1 aliphatic carbocycles. The Balaban J connectivity index is 2.70. The van der Waals surface area contributed by atoms with Gasteiger partial charge in [0.25, 0.3) is 0 Å². The summed E-state index contributed by atoms with van der Waals surface area (Å²) in [4.78, 5) is 0. The van der Waals surface area contributed by atoms with E-state index in [1.165, 1.54) is 18.4 Å². The lowest BCUT2D eigenvalue weighted by atomic mass is 9.97. The molecular formula is C9H14. The molecule has 0 bridgehead atoms. The topological polar surface area (TPSA) is 0 Å². The average molecular weight is 122 g/mol. The van der Waals surface area contributed by atoms with Gasteiger partial charge in [-0.15, -0.1) is 5.73 Å². The second kappa shape index (κ2) is 2.04. The van der Waals surface area contributed by atoms with Crippen LogP contribution in [0.1, 0.15) is 33.1 Å². The van der Waals surface area contributed by atoms with Gasteiger partial charge in [-0.2, -0.15) is 0 Å². The van der Waals surface area contributed by atoms with E-state index in [2.05, 4.69) is 26.2 Å². The van der Waals surface area contributed by atoms with Crippen LogP contribution in [-0.2, 0) is 0 Å². The highest BCUT2D eigenvalue weighted by Crippen LogP contribution is 2.51. The van der Waals surface area contributed by atoms with E-state index in [9.17, 15) is 0 Å². The first-order chi connectivity index (χ1) is 4.23. The Kier molecular flexibility index (Phi) is 1.50. The molecule has 1 fully saturated rings. The maximum absolute atomic E-state index is 3.68. The van der Waals surface area contributed by atoms with E-state index in [4.69, 9.17) is 0 Å². The average Bonchev–Trinajstić information content (AvgIpc) is 2.52.